The first-order valence-corrected chi connectivity index (χ1v) is 7.19. The fraction of sp³-hybridized carbons (Fsp3) is 0.929. The van der Waals surface area contributed by atoms with Gasteiger partial charge in [-0.15, -0.1) is 0 Å². The van der Waals surface area contributed by atoms with E-state index in [1.807, 2.05) is 4.90 Å². The Morgan fingerprint density at radius 2 is 2.06 bits per heavy atom. The minimum atomic E-state index is -0.767. The number of rotatable bonds is 5. The molecular formula is C14H25NO3. The molecule has 0 aromatic heterocycles. The topological polar surface area (TPSA) is 60.8 Å². The molecule has 4 heteroatoms. The molecule has 1 heterocycles. The lowest BCUT2D eigenvalue weighted by Gasteiger charge is -2.33. The van der Waals surface area contributed by atoms with Gasteiger partial charge in [-0.25, -0.2) is 0 Å². The highest BCUT2D eigenvalue weighted by Crippen LogP contribution is 2.32. The molecule has 0 bridgehead atoms. The molecule has 2 atom stereocenters. The van der Waals surface area contributed by atoms with Gasteiger partial charge in [0, 0.05) is 6.54 Å². The number of carboxylic acid groups (broad SMARTS) is 1. The fourth-order valence-electron chi connectivity index (χ4n) is 3.51. The molecule has 1 aliphatic carbocycles. The van der Waals surface area contributed by atoms with E-state index in [0.29, 0.717) is 18.9 Å². The summed E-state index contributed by atoms with van der Waals surface area (Å²) in [5, 5.41) is 19.5. The summed E-state index contributed by atoms with van der Waals surface area (Å²) in [5.74, 6) is -0.105. The van der Waals surface area contributed by atoms with Crippen LogP contribution in [0.15, 0.2) is 0 Å². The van der Waals surface area contributed by atoms with E-state index in [4.69, 9.17) is 0 Å². The van der Waals surface area contributed by atoms with Crippen LogP contribution in [-0.2, 0) is 4.79 Å². The molecule has 0 spiro atoms. The Hall–Kier alpha value is -0.610. The van der Waals surface area contributed by atoms with Crippen molar-refractivity contribution in [2.24, 2.45) is 5.92 Å². The molecule has 1 aliphatic heterocycles. The van der Waals surface area contributed by atoms with Crippen molar-refractivity contribution in [3.05, 3.63) is 0 Å². The standard InChI is InChI=1S/C14H25NO3/c1-14(13(17)18)7-4-8-15(14)10-12(16)9-11-5-2-3-6-11/h11-12,16H,2-10H2,1H3,(H,17,18). The summed E-state index contributed by atoms with van der Waals surface area (Å²) >= 11 is 0. The van der Waals surface area contributed by atoms with Gasteiger partial charge in [0.05, 0.1) is 6.10 Å². The molecule has 0 radical (unpaired) electrons. The number of hydrogen-bond acceptors (Lipinski definition) is 3. The lowest BCUT2D eigenvalue weighted by molar-refractivity contribution is -0.149. The van der Waals surface area contributed by atoms with Crippen LogP contribution in [0.25, 0.3) is 0 Å². The highest BCUT2D eigenvalue weighted by Gasteiger charge is 2.43. The normalized spacial score (nSPS) is 31.9. The first kappa shape index (κ1) is 13.8. The number of carbonyl (C=O) groups is 1. The summed E-state index contributed by atoms with van der Waals surface area (Å²) < 4.78 is 0. The van der Waals surface area contributed by atoms with Crippen LogP contribution in [0.4, 0.5) is 0 Å². The van der Waals surface area contributed by atoms with Gasteiger partial charge in [0.2, 0.25) is 0 Å². The Balaban J connectivity index is 1.85. The van der Waals surface area contributed by atoms with Crippen LogP contribution in [0.3, 0.4) is 0 Å². The molecule has 2 aliphatic rings. The molecule has 0 aromatic carbocycles. The van der Waals surface area contributed by atoms with Crippen molar-refractivity contribution in [2.45, 2.75) is 63.5 Å². The zero-order chi connectivity index (χ0) is 13.2. The molecule has 104 valence electrons. The zero-order valence-electron chi connectivity index (χ0n) is 11.3. The summed E-state index contributed by atoms with van der Waals surface area (Å²) in [5.41, 5.74) is -0.767. The van der Waals surface area contributed by atoms with Crippen molar-refractivity contribution < 1.29 is 15.0 Å². The Morgan fingerprint density at radius 3 is 2.67 bits per heavy atom. The number of aliphatic carboxylic acids is 1. The van der Waals surface area contributed by atoms with Crippen molar-refractivity contribution >= 4 is 5.97 Å². The van der Waals surface area contributed by atoms with Crippen molar-refractivity contribution in [1.29, 1.82) is 0 Å². The first-order chi connectivity index (χ1) is 8.52. The molecule has 18 heavy (non-hydrogen) atoms. The van der Waals surface area contributed by atoms with Crippen LogP contribution in [0.2, 0.25) is 0 Å². The molecule has 2 fully saturated rings. The number of nitrogens with zero attached hydrogens (tertiary/aromatic N) is 1. The van der Waals surface area contributed by atoms with E-state index >= 15 is 0 Å². The molecule has 4 nitrogen and oxygen atoms in total. The summed E-state index contributed by atoms with van der Waals surface area (Å²) in [6, 6.07) is 0. The van der Waals surface area contributed by atoms with E-state index in [1.165, 1.54) is 25.7 Å². The number of aliphatic hydroxyl groups excluding tert-OH is 1. The minimum absolute atomic E-state index is 0.370. The zero-order valence-corrected chi connectivity index (χ0v) is 11.3. The molecule has 2 unspecified atom stereocenters. The molecule has 1 saturated carbocycles. The van der Waals surface area contributed by atoms with Crippen LogP contribution in [0, 0.1) is 5.92 Å². The van der Waals surface area contributed by atoms with Crippen LogP contribution in [0.5, 0.6) is 0 Å². The van der Waals surface area contributed by atoms with Gasteiger partial charge < -0.3 is 10.2 Å². The lowest BCUT2D eigenvalue weighted by Crippen LogP contribution is -2.50. The maximum atomic E-state index is 11.3. The maximum Gasteiger partial charge on any atom is 0.323 e. The monoisotopic (exact) mass is 255 g/mol. The van der Waals surface area contributed by atoms with E-state index in [2.05, 4.69) is 0 Å². The predicted molar refractivity (Wildman–Crippen MR) is 69.4 cm³/mol. The van der Waals surface area contributed by atoms with Crippen molar-refractivity contribution in [3.8, 4) is 0 Å². The molecular weight excluding hydrogens is 230 g/mol. The Labute approximate surface area is 109 Å². The van der Waals surface area contributed by atoms with Crippen LogP contribution in [0.1, 0.15) is 51.9 Å². The van der Waals surface area contributed by atoms with Gasteiger partial charge in [-0.3, -0.25) is 9.69 Å². The largest absolute Gasteiger partial charge is 0.480 e. The van der Waals surface area contributed by atoms with Gasteiger partial charge in [-0.2, -0.15) is 0 Å². The predicted octanol–water partition coefficient (Wildman–Crippen LogP) is 1.87. The summed E-state index contributed by atoms with van der Waals surface area (Å²) in [6.45, 7) is 3.09. The fourth-order valence-corrected chi connectivity index (χ4v) is 3.51. The van der Waals surface area contributed by atoms with E-state index in [0.717, 1.165) is 19.4 Å². The van der Waals surface area contributed by atoms with E-state index in [1.54, 1.807) is 6.92 Å². The minimum Gasteiger partial charge on any atom is -0.480 e. The van der Waals surface area contributed by atoms with Gasteiger partial charge in [0.1, 0.15) is 5.54 Å². The van der Waals surface area contributed by atoms with Crippen LogP contribution >= 0.6 is 0 Å². The average molecular weight is 255 g/mol. The van der Waals surface area contributed by atoms with Gasteiger partial charge in [0.15, 0.2) is 0 Å². The van der Waals surface area contributed by atoms with E-state index in [-0.39, 0.29) is 6.10 Å². The molecule has 0 aromatic rings. The SMILES string of the molecule is CC1(C(=O)O)CCCN1CC(O)CC1CCCC1. The molecule has 0 amide bonds. The lowest BCUT2D eigenvalue weighted by atomic mass is 9.96. The Bertz CT molecular complexity index is 301. The number of hydrogen-bond donors (Lipinski definition) is 2. The third-order valence-electron chi connectivity index (χ3n) is 4.76. The van der Waals surface area contributed by atoms with Gasteiger partial charge >= 0.3 is 5.97 Å². The second-order valence-corrected chi connectivity index (χ2v) is 6.17. The second-order valence-electron chi connectivity index (χ2n) is 6.17. The molecule has 2 rings (SSSR count). The van der Waals surface area contributed by atoms with Gasteiger partial charge in [-0.05, 0) is 38.6 Å². The van der Waals surface area contributed by atoms with Gasteiger partial charge in [-0.1, -0.05) is 25.7 Å². The van der Waals surface area contributed by atoms with E-state index in [9.17, 15) is 15.0 Å². The quantitative estimate of drug-likeness (QED) is 0.787. The van der Waals surface area contributed by atoms with Crippen molar-refractivity contribution in [3.63, 3.8) is 0 Å². The highest BCUT2D eigenvalue weighted by atomic mass is 16.4. The first-order valence-electron chi connectivity index (χ1n) is 7.19. The number of likely N-dealkylation sites (tertiary alicyclic amines) is 1. The van der Waals surface area contributed by atoms with E-state index < -0.39 is 11.5 Å². The third kappa shape index (κ3) is 2.86. The number of carboxylic acids is 1. The summed E-state index contributed by atoms with van der Waals surface area (Å²) in [6.07, 6.45) is 7.11. The van der Waals surface area contributed by atoms with Crippen molar-refractivity contribution in [1.82, 2.24) is 4.90 Å². The summed E-state index contributed by atoms with van der Waals surface area (Å²) in [4.78, 5) is 13.3. The van der Waals surface area contributed by atoms with Gasteiger partial charge in [0.25, 0.3) is 0 Å². The third-order valence-corrected chi connectivity index (χ3v) is 4.76. The van der Waals surface area contributed by atoms with Crippen molar-refractivity contribution in [2.75, 3.05) is 13.1 Å². The highest BCUT2D eigenvalue weighted by molar-refractivity contribution is 5.78. The average Bonchev–Trinajstić information content (AvgIpc) is 2.90. The number of aliphatic hydroxyl groups is 1. The molecule has 2 N–H and O–H groups in total. The summed E-state index contributed by atoms with van der Waals surface area (Å²) in [7, 11) is 0. The molecule has 1 saturated heterocycles. The van der Waals surface area contributed by atoms with Crippen LogP contribution < -0.4 is 0 Å². The Kier molecular flexibility index (Phi) is 4.28. The van der Waals surface area contributed by atoms with Crippen LogP contribution in [-0.4, -0.2) is 45.8 Å². The smallest absolute Gasteiger partial charge is 0.323 e. The second kappa shape index (κ2) is 5.57. The number of β-amino-alcohol motifs (C(OH)–C–C–N with tert-alkyl or cyclic N) is 1. The Morgan fingerprint density at radius 1 is 1.39 bits per heavy atom. The maximum absolute atomic E-state index is 11.3.